The lowest BCUT2D eigenvalue weighted by Crippen LogP contribution is -2.21. The Kier molecular flexibility index (Phi) is 6.83. The number of esters is 1. The Morgan fingerprint density at radius 1 is 1.04 bits per heavy atom. The maximum Gasteiger partial charge on any atom is 0.306 e. The van der Waals surface area contributed by atoms with Gasteiger partial charge in [0.15, 0.2) is 6.61 Å². The van der Waals surface area contributed by atoms with Crippen LogP contribution in [0.2, 0.25) is 0 Å². The normalized spacial score (nSPS) is 10.0. The Bertz CT molecular complexity index is 670. The van der Waals surface area contributed by atoms with Crippen LogP contribution >= 0.6 is 0 Å². The summed E-state index contributed by atoms with van der Waals surface area (Å²) < 4.78 is 10.5. The lowest BCUT2D eigenvalue weighted by molar-refractivity contribution is -0.147. The summed E-state index contributed by atoms with van der Waals surface area (Å²) >= 11 is 0. The summed E-state index contributed by atoms with van der Waals surface area (Å²) in [6, 6.07) is 16.7. The lowest BCUT2D eigenvalue weighted by atomic mass is 10.2. The van der Waals surface area contributed by atoms with Crippen molar-refractivity contribution in [1.82, 2.24) is 0 Å². The molecule has 1 amide bonds. The predicted octanol–water partition coefficient (Wildman–Crippen LogP) is 3.34. The van der Waals surface area contributed by atoms with E-state index in [9.17, 15) is 9.59 Å². The molecule has 2 rings (SSSR count). The number of anilines is 1. The number of rotatable bonds is 8. The second-order valence-corrected chi connectivity index (χ2v) is 5.34. The molecule has 0 unspecified atom stereocenters. The molecule has 0 spiro atoms. The first-order valence-electron chi connectivity index (χ1n) is 7.83. The fourth-order valence-corrected chi connectivity index (χ4v) is 2.05. The second kappa shape index (κ2) is 9.35. The number of para-hydroxylation sites is 1. The van der Waals surface area contributed by atoms with Crippen LogP contribution in [-0.2, 0) is 14.3 Å². The van der Waals surface area contributed by atoms with Gasteiger partial charge in [-0.15, -0.1) is 0 Å². The summed E-state index contributed by atoms with van der Waals surface area (Å²) in [4.78, 5) is 23.3. The standard InChI is InChI=1S/C19H21NO4/c1-15-7-5-10-17(13-15)23-12-6-11-19(22)24-14-18(21)20-16-8-3-2-4-9-16/h2-5,7-10,13H,6,11-12,14H2,1H3,(H,20,21). The first kappa shape index (κ1) is 17.5. The quantitative estimate of drug-likeness (QED) is 0.596. The average molecular weight is 327 g/mol. The zero-order valence-corrected chi connectivity index (χ0v) is 13.7. The molecule has 0 saturated carbocycles. The van der Waals surface area contributed by atoms with E-state index in [0.29, 0.717) is 18.7 Å². The minimum Gasteiger partial charge on any atom is -0.494 e. The highest BCUT2D eigenvalue weighted by molar-refractivity contribution is 5.92. The molecule has 2 aromatic carbocycles. The molecule has 2 aromatic rings. The molecular weight excluding hydrogens is 306 g/mol. The summed E-state index contributed by atoms with van der Waals surface area (Å²) in [5.74, 6) is 0.0159. The number of hydrogen-bond acceptors (Lipinski definition) is 4. The van der Waals surface area contributed by atoms with E-state index in [2.05, 4.69) is 5.32 Å². The van der Waals surface area contributed by atoms with E-state index in [-0.39, 0.29) is 18.9 Å². The maximum absolute atomic E-state index is 11.7. The fourth-order valence-electron chi connectivity index (χ4n) is 2.05. The molecule has 0 bridgehead atoms. The van der Waals surface area contributed by atoms with Crippen LogP contribution in [0.3, 0.4) is 0 Å². The first-order chi connectivity index (χ1) is 11.6. The van der Waals surface area contributed by atoms with Gasteiger partial charge in [-0.1, -0.05) is 30.3 Å². The van der Waals surface area contributed by atoms with E-state index in [4.69, 9.17) is 9.47 Å². The van der Waals surface area contributed by atoms with Gasteiger partial charge in [-0.3, -0.25) is 9.59 Å². The molecule has 24 heavy (non-hydrogen) atoms. The van der Waals surface area contributed by atoms with Gasteiger partial charge in [-0.05, 0) is 43.2 Å². The Balaban J connectivity index is 1.59. The molecular formula is C19H21NO4. The molecule has 0 saturated heterocycles. The predicted molar refractivity (Wildman–Crippen MR) is 91.9 cm³/mol. The number of hydrogen-bond donors (Lipinski definition) is 1. The van der Waals surface area contributed by atoms with Crippen molar-refractivity contribution in [3.05, 3.63) is 60.2 Å². The van der Waals surface area contributed by atoms with Crippen LogP contribution in [-0.4, -0.2) is 25.1 Å². The van der Waals surface area contributed by atoms with E-state index >= 15 is 0 Å². The third kappa shape index (κ3) is 6.52. The highest BCUT2D eigenvalue weighted by Gasteiger charge is 2.08. The van der Waals surface area contributed by atoms with Gasteiger partial charge in [0.25, 0.3) is 5.91 Å². The third-order valence-corrected chi connectivity index (χ3v) is 3.21. The largest absolute Gasteiger partial charge is 0.494 e. The first-order valence-corrected chi connectivity index (χ1v) is 7.83. The van der Waals surface area contributed by atoms with Crippen molar-refractivity contribution in [2.24, 2.45) is 0 Å². The molecule has 0 heterocycles. The van der Waals surface area contributed by atoms with Crippen molar-refractivity contribution in [3.63, 3.8) is 0 Å². The van der Waals surface area contributed by atoms with E-state index in [1.54, 1.807) is 12.1 Å². The molecule has 0 atom stereocenters. The van der Waals surface area contributed by atoms with Gasteiger partial charge in [0.1, 0.15) is 5.75 Å². The van der Waals surface area contributed by atoms with Crippen molar-refractivity contribution in [3.8, 4) is 5.75 Å². The minimum atomic E-state index is -0.411. The number of carbonyl (C=O) groups is 2. The van der Waals surface area contributed by atoms with Crippen LogP contribution in [0.1, 0.15) is 18.4 Å². The Hall–Kier alpha value is -2.82. The smallest absolute Gasteiger partial charge is 0.306 e. The van der Waals surface area contributed by atoms with E-state index in [1.165, 1.54) is 0 Å². The highest BCUT2D eigenvalue weighted by Crippen LogP contribution is 2.12. The summed E-state index contributed by atoms with van der Waals surface area (Å²) in [6.45, 7) is 2.13. The molecule has 1 N–H and O–H groups in total. The summed E-state index contributed by atoms with van der Waals surface area (Å²) in [6.07, 6.45) is 0.748. The molecule has 5 nitrogen and oxygen atoms in total. The van der Waals surface area contributed by atoms with E-state index < -0.39 is 5.97 Å². The SMILES string of the molecule is Cc1cccc(OCCCC(=O)OCC(=O)Nc2ccccc2)c1. The fraction of sp³-hybridized carbons (Fsp3) is 0.263. The van der Waals surface area contributed by atoms with Gasteiger partial charge in [-0.2, -0.15) is 0 Å². The van der Waals surface area contributed by atoms with Crippen LogP contribution in [0, 0.1) is 6.92 Å². The van der Waals surface area contributed by atoms with Gasteiger partial charge in [0.05, 0.1) is 6.61 Å². The van der Waals surface area contributed by atoms with Gasteiger partial charge in [0.2, 0.25) is 0 Å². The minimum absolute atomic E-state index is 0.213. The molecule has 5 heteroatoms. The van der Waals surface area contributed by atoms with Crippen LogP contribution in [0.5, 0.6) is 5.75 Å². The number of aryl methyl sites for hydroxylation is 1. The maximum atomic E-state index is 11.7. The van der Waals surface area contributed by atoms with Crippen LogP contribution in [0.25, 0.3) is 0 Å². The number of nitrogens with one attached hydrogen (secondary N) is 1. The molecule has 0 aromatic heterocycles. The van der Waals surface area contributed by atoms with Crippen molar-refractivity contribution in [1.29, 1.82) is 0 Å². The zero-order valence-electron chi connectivity index (χ0n) is 13.7. The number of amides is 1. The van der Waals surface area contributed by atoms with Crippen LogP contribution in [0.15, 0.2) is 54.6 Å². The van der Waals surface area contributed by atoms with E-state index in [1.807, 2.05) is 49.4 Å². The van der Waals surface area contributed by atoms with Crippen molar-refractivity contribution in [2.75, 3.05) is 18.5 Å². The highest BCUT2D eigenvalue weighted by atomic mass is 16.5. The van der Waals surface area contributed by atoms with Gasteiger partial charge >= 0.3 is 5.97 Å². The molecule has 0 aliphatic carbocycles. The summed E-state index contributed by atoms with van der Waals surface area (Å²) in [7, 11) is 0. The molecule has 126 valence electrons. The second-order valence-electron chi connectivity index (χ2n) is 5.34. The Labute approximate surface area is 141 Å². The monoisotopic (exact) mass is 327 g/mol. The zero-order chi connectivity index (χ0) is 17.2. The third-order valence-electron chi connectivity index (χ3n) is 3.21. The topological polar surface area (TPSA) is 64.6 Å². The number of benzene rings is 2. The van der Waals surface area contributed by atoms with Gasteiger partial charge in [0, 0.05) is 12.1 Å². The van der Waals surface area contributed by atoms with Gasteiger partial charge in [-0.25, -0.2) is 0 Å². The Morgan fingerprint density at radius 2 is 1.83 bits per heavy atom. The molecule has 0 aliphatic rings. The van der Waals surface area contributed by atoms with Crippen molar-refractivity contribution in [2.45, 2.75) is 19.8 Å². The van der Waals surface area contributed by atoms with Gasteiger partial charge < -0.3 is 14.8 Å². The van der Waals surface area contributed by atoms with Crippen molar-refractivity contribution < 1.29 is 19.1 Å². The number of carbonyl (C=O) groups excluding carboxylic acids is 2. The molecule has 0 fully saturated rings. The van der Waals surface area contributed by atoms with Crippen molar-refractivity contribution >= 4 is 17.6 Å². The summed E-state index contributed by atoms with van der Waals surface area (Å²) in [5, 5.41) is 2.65. The molecule has 0 radical (unpaired) electrons. The average Bonchev–Trinajstić information content (AvgIpc) is 2.58. The van der Waals surface area contributed by atoms with E-state index in [0.717, 1.165) is 11.3 Å². The summed E-state index contributed by atoms with van der Waals surface area (Å²) in [5.41, 5.74) is 1.79. The van der Waals surface area contributed by atoms with Crippen LogP contribution in [0.4, 0.5) is 5.69 Å². The number of ether oxygens (including phenoxy) is 2. The molecule has 0 aliphatic heterocycles. The van der Waals surface area contributed by atoms with Crippen LogP contribution < -0.4 is 10.1 Å². The lowest BCUT2D eigenvalue weighted by Gasteiger charge is -2.08. The Morgan fingerprint density at radius 3 is 2.58 bits per heavy atom.